The molecule has 0 N–H and O–H groups in total. The highest BCUT2D eigenvalue weighted by Gasteiger charge is 2.29. The Morgan fingerprint density at radius 1 is 1.73 bits per heavy atom. The zero-order valence-electron chi connectivity index (χ0n) is 7.33. The average molecular weight is 252 g/mol. The van der Waals surface area contributed by atoms with Gasteiger partial charge >= 0.3 is 5.82 Å². The van der Waals surface area contributed by atoms with Crippen LogP contribution >= 0.6 is 10.7 Å². The van der Waals surface area contributed by atoms with E-state index in [1.54, 1.807) is 0 Å². The molecule has 0 fully saturated rings. The molecule has 0 saturated heterocycles. The molecular weight excluding hydrogens is 246 g/mol. The van der Waals surface area contributed by atoms with Crippen LogP contribution in [0.3, 0.4) is 0 Å². The van der Waals surface area contributed by atoms with Crippen LogP contribution in [0, 0.1) is 10.1 Å². The maximum Gasteiger partial charge on any atom is 0.410 e. The molecule has 1 aromatic rings. The predicted molar refractivity (Wildman–Crippen MR) is 52.1 cm³/mol. The van der Waals surface area contributed by atoms with Gasteiger partial charge in [-0.2, -0.15) is 4.68 Å². The van der Waals surface area contributed by atoms with E-state index in [1.807, 2.05) is 0 Å². The maximum absolute atomic E-state index is 11.0. The second-order valence-electron chi connectivity index (χ2n) is 2.52. The molecule has 1 heterocycles. The molecule has 0 saturated carbocycles. The predicted octanol–water partition coefficient (Wildman–Crippen LogP) is 0.905. The summed E-state index contributed by atoms with van der Waals surface area (Å²) in [7, 11) is 0.847. The van der Waals surface area contributed by atoms with Gasteiger partial charge in [0.25, 0.3) is 9.05 Å². The monoisotopic (exact) mass is 251 g/mol. The molecule has 0 amide bonds. The Labute approximate surface area is 89.5 Å². The number of hydrogen-bond acceptors (Lipinski definition) is 5. The van der Waals surface area contributed by atoms with Crippen LogP contribution in [0.5, 0.6) is 0 Å². The van der Waals surface area contributed by atoms with Gasteiger partial charge in [-0.05, 0) is 4.92 Å². The minimum absolute atomic E-state index is 0.160. The van der Waals surface area contributed by atoms with E-state index in [-0.39, 0.29) is 6.54 Å². The maximum atomic E-state index is 11.0. The lowest BCUT2D eigenvalue weighted by Gasteiger charge is -1.89. The smallest absolute Gasteiger partial charge is 0.358 e. The van der Waals surface area contributed by atoms with Crippen LogP contribution in [0.2, 0.25) is 0 Å². The summed E-state index contributed by atoms with van der Waals surface area (Å²) in [6, 6.07) is 0. The van der Waals surface area contributed by atoms with Crippen molar-refractivity contribution in [2.45, 2.75) is 11.4 Å². The summed E-state index contributed by atoms with van der Waals surface area (Å²) in [5.41, 5.74) is 0. The van der Waals surface area contributed by atoms with Gasteiger partial charge in [-0.3, -0.25) is 0 Å². The summed E-state index contributed by atoms with van der Waals surface area (Å²) < 4.78 is 23.0. The third-order valence-electron chi connectivity index (χ3n) is 1.46. The first kappa shape index (κ1) is 11.7. The Bertz CT molecular complexity index is 506. The first-order valence-electron chi connectivity index (χ1n) is 3.63. The lowest BCUT2D eigenvalue weighted by Crippen LogP contribution is -1.97. The summed E-state index contributed by atoms with van der Waals surface area (Å²) in [4.78, 5) is 8.94. The fourth-order valence-corrected chi connectivity index (χ4v) is 1.82. The fourth-order valence-electron chi connectivity index (χ4n) is 0.917. The molecule has 0 bridgehead atoms. The van der Waals surface area contributed by atoms with Crippen molar-refractivity contribution in [1.82, 2.24) is 9.78 Å². The molecule has 0 spiro atoms. The molecule has 0 radical (unpaired) electrons. The summed E-state index contributed by atoms with van der Waals surface area (Å²) in [6.45, 7) is 3.55. The third-order valence-corrected chi connectivity index (χ3v) is 2.77. The molecule has 0 aliphatic heterocycles. The van der Waals surface area contributed by atoms with Crippen LogP contribution < -0.4 is 0 Å². The first-order chi connectivity index (χ1) is 6.86. The molecule has 1 aromatic heterocycles. The molecule has 82 valence electrons. The van der Waals surface area contributed by atoms with Gasteiger partial charge in [0.1, 0.15) is 0 Å². The minimum atomic E-state index is -4.16. The molecule has 7 nitrogen and oxygen atoms in total. The lowest BCUT2D eigenvalue weighted by molar-refractivity contribution is -0.392. The van der Waals surface area contributed by atoms with Gasteiger partial charge < -0.3 is 10.1 Å². The van der Waals surface area contributed by atoms with Crippen molar-refractivity contribution >= 4 is 25.6 Å². The van der Waals surface area contributed by atoms with Crippen molar-refractivity contribution in [3.63, 3.8) is 0 Å². The van der Waals surface area contributed by atoms with E-state index < -0.39 is 24.7 Å². The Hall–Kier alpha value is -1.41. The number of nitrogens with zero attached hydrogens (tertiary/aromatic N) is 3. The lowest BCUT2D eigenvalue weighted by atomic mass is 10.6. The van der Waals surface area contributed by atoms with Crippen LogP contribution in [0.4, 0.5) is 5.82 Å². The molecule has 0 atom stereocenters. The number of allylic oxidation sites excluding steroid dienone is 1. The van der Waals surface area contributed by atoms with Gasteiger partial charge in [0.15, 0.2) is 0 Å². The summed E-state index contributed by atoms with van der Waals surface area (Å²) in [5, 5.41) is 13.9. The Morgan fingerprint density at radius 3 is 2.67 bits per heavy atom. The molecule has 0 aliphatic rings. The topological polar surface area (TPSA) is 95.1 Å². The van der Waals surface area contributed by atoms with E-state index in [9.17, 15) is 18.5 Å². The van der Waals surface area contributed by atoms with E-state index in [1.165, 1.54) is 6.08 Å². The zero-order valence-corrected chi connectivity index (χ0v) is 8.90. The van der Waals surface area contributed by atoms with E-state index in [0.717, 1.165) is 10.9 Å². The number of halogens is 1. The average Bonchev–Trinajstić information content (AvgIpc) is 2.48. The van der Waals surface area contributed by atoms with Crippen molar-refractivity contribution in [3.8, 4) is 0 Å². The van der Waals surface area contributed by atoms with Gasteiger partial charge in [0, 0.05) is 10.7 Å². The summed E-state index contributed by atoms with van der Waals surface area (Å²) in [5.74, 6) is -0.785. The number of hydrogen-bond donors (Lipinski definition) is 0. The van der Waals surface area contributed by atoms with Gasteiger partial charge in [0.2, 0.25) is 4.90 Å². The first-order valence-corrected chi connectivity index (χ1v) is 5.94. The van der Waals surface area contributed by atoms with Crippen molar-refractivity contribution in [2.24, 2.45) is 0 Å². The quantitative estimate of drug-likeness (QED) is 0.343. The molecule has 15 heavy (non-hydrogen) atoms. The van der Waals surface area contributed by atoms with Crippen LogP contribution in [0.1, 0.15) is 0 Å². The molecule has 0 aromatic carbocycles. The number of nitro groups is 1. The Balaban J connectivity index is 3.36. The SMILES string of the molecule is C=CCn1cc(S(=O)(=O)Cl)c([N+](=O)[O-])n1. The van der Waals surface area contributed by atoms with E-state index in [0.29, 0.717) is 0 Å². The van der Waals surface area contributed by atoms with Crippen LogP contribution in [0.25, 0.3) is 0 Å². The second kappa shape index (κ2) is 3.99. The second-order valence-corrected chi connectivity index (χ2v) is 5.06. The summed E-state index contributed by atoms with van der Waals surface area (Å²) >= 11 is 0. The molecule has 1 rings (SSSR count). The van der Waals surface area contributed by atoms with Gasteiger partial charge in [-0.1, -0.05) is 6.08 Å². The molecular formula is C6H6ClN3O4S. The van der Waals surface area contributed by atoms with Crippen LogP contribution in [-0.4, -0.2) is 23.1 Å². The van der Waals surface area contributed by atoms with Gasteiger partial charge in [-0.25, -0.2) is 8.42 Å². The highest BCUT2D eigenvalue weighted by Crippen LogP contribution is 2.24. The normalized spacial score (nSPS) is 11.3. The van der Waals surface area contributed by atoms with Gasteiger partial charge in [-0.15, -0.1) is 6.58 Å². The standard InChI is InChI=1S/C6H6ClN3O4S/c1-2-3-9-4-5(15(7,13)14)6(8-9)10(11)12/h2,4H,1,3H2. The van der Waals surface area contributed by atoms with Crippen molar-refractivity contribution in [1.29, 1.82) is 0 Å². The third kappa shape index (κ3) is 2.54. The van der Waals surface area contributed by atoms with Crippen LogP contribution in [0.15, 0.2) is 23.7 Å². The minimum Gasteiger partial charge on any atom is -0.358 e. The molecule has 9 heteroatoms. The van der Waals surface area contributed by atoms with Crippen LogP contribution in [-0.2, 0) is 15.6 Å². The van der Waals surface area contributed by atoms with Gasteiger partial charge in [0.05, 0.1) is 17.8 Å². The van der Waals surface area contributed by atoms with Crippen molar-refractivity contribution in [2.75, 3.05) is 0 Å². The molecule has 0 aliphatic carbocycles. The van der Waals surface area contributed by atoms with Crippen molar-refractivity contribution in [3.05, 3.63) is 29.0 Å². The Kier molecular flexibility index (Phi) is 3.10. The summed E-state index contributed by atoms with van der Waals surface area (Å²) in [6.07, 6.45) is 2.41. The van der Waals surface area contributed by atoms with Crippen molar-refractivity contribution < 1.29 is 13.3 Å². The van der Waals surface area contributed by atoms with E-state index >= 15 is 0 Å². The largest absolute Gasteiger partial charge is 0.410 e. The zero-order chi connectivity index (χ0) is 11.6. The Morgan fingerprint density at radius 2 is 2.33 bits per heavy atom. The van der Waals surface area contributed by atoms with E-state index in [4.69, 9.17) is 10.7 Å². The number of rotatable bonds is 4. The fraction of sp³-hybridized carbons (Fsp3) is 0.167. The highest BCUT2D eigenvalue weighted by atomic mass is 35.7. The molecule has 0 unspecified atom stereocenters. The number of aromatic nitrogens is 2. The van der Waals surface area contributed by atoms with E-state index in [2.05, 4.69) is 11.7 Å². The highest BCUT2D eigenvalue weighted by molar-refractivity contribution is 8.13.